The highest BCUT2D eigenvalue weighted by atomic mass is 19.4. The molecule has 1 unspecified atom stereocenters. The lowest BCUT2D eigenvalue weighted by Gasteiger charge is -2.25. The molecule has 1 aromatic carbocycles. The molecule has 0 aliphatic carbocycles. The molecular formula is C18H14F4N6O3. The summed E-state index contributed by atoms with van der Waals surface area (Å²) in [5.74, 6) is -4.14. The fourth-order valence-corrected chi connectivity index (χ4v) is 3.08. The van der Waals surface area contributed by atoms with E-state index in [1.54, 1.807) is 0 Å². The summed E-state index contributed by atoms with van der Waals surface area (Å²) in [7, 11) is 1.30. The molecule has 0 spiro atoms. The third-order valence-corrected chi connectivity index (χ3v) is 4.49. The standard InChI is InChI=1S/C18H14F4N6O3/c1-24-17(31)14-26-13(12-7-25-16(30)11(2-3-23)28(12)14)27-15(29)8-4-9(18(20,21)22)6-10(19)5-8/h4-6,11H,2,7H2,1H3,(H,24,31)(H,25,30)(H,27,29). The SMILES string of the molecule is CNC(=O)c1nc(NC(=O)c2cc(F)cc(C(F)(F)F)c2)c2n1C(CC#N)C(=O)NC2. The van der Waals surface area contributed by atoms with E-state index >= 15 is 0 Å². The van der Waals surface area contributed by atoms with Crippen LogP contribution in [-0.4, -0.2) is 34.3 Å². The second-order valence-electron chi connectivity index (χ2n) is 6.46. The predicted octanol–water partition coefficient (Wildman–Crippen LogP) is 1.74. The van der Waals surface area contributed by atoms with Crippen molar-refractivity contribution in [2.24, 2.45) is 0 Å². The van der Waals surface area contributed by atoms with Crippen molar-refractivity contribution in [3.8, 4) is 6.07 Å². The number of nitriles is 1. The van der Waals surface area contributed by atoms with Gasteiger partial charge in [-0.15, -0.1) is 0 Å². The van der Waals surface area contributed by atoms with Crippen LogP contribution in [0.4, 0.5) is 23.4 Å². The molecule has 162 valence electrons. The van der Waals surface area contributed by atoms with Gasteiger partial charge in [-0.3, -0.25) is 14.4 Å². The molecule has 1 aromatic heterocycles. The number of hydrogen-bond acceptors (Lipinski definition) is 5. The van der Waals surface area contributed by atoms with Crippen LogP contribution in [0.2, 0.25) is 0 Å². The van der Waals surface area contributed by atoms with E-state index in [-0.39, 0.29) is 36.4 Å². The number of imidazole rings is 1. The van der Waals surface area contributed by atoms with Crippen molar-refractivity contribution in [2.45, 2.75) is 25.2 Å². The molecule has 9 nitrogen and oxygen atoms in total. The predicted molar refractivity (Wildman–Crippen MR) is 96.1 cm³/mol. The molecule has 3 N–H and O–H groups in total. The van der Waals surface area contributed by atoms with Crippen molar-refractivity contribution < 1.29 is 31.9 Å². The van der Waals surface area contributed by atoms with E-state index in [2.05, 4.69) is 20.9 Å². The number of nitrogens with zero attached hydrogens (tertiary/aromatic N) is 3. The zero-order valence-corrected chi connectivity index (χ0v) is 15.8. The van der Waals surface area contributed by atoms with Crippen LogP contribution in [0.3, 0.4) is 0 Å². The minimum absolute atomic E-state index is 0.152. The Balaban J connectivity index is 2.03. The third-order valence-electron chi connectivity index (χ3n) is 4.49. The number of rotatable bonds is 4. The minimum atomic E-state index is -4.87. The number of carbonyl (C=O) groups excluding carboxylic acids is 3. The number of fused-ring (bicyclic) bond motifs is 1. The van der Waals surface area contributed by atoms with E-state index in [4.69, 9.17) is 5.26 Å². The van der Waals surface area contributed by atoms with Crippen molar-refractivity contribution in [3.63, 3.8) is 0 Å². The number of nitrogens with one attached hydrogen (secondary N) is 3. The molecule has 0 fully saturated rings. The van der Waals surface area contributed by atoms with Gasteiger partial charge in [0.2, 0.25) is 11.7 Å². The highest BCUT2D eigenvalue weighted by Gasteiger charge is 2.35. The van der Waals surface area contributed by atoms with E-state index in [1.165, 1.54) is 11.6 Å². The number of hydrogen-bond donors (Lipinski definition) is 3. The molecule has 31 heavy (non-hydrogen) atoms. The van der Waals surface area contributed by atoms with Gasteiger partial charge in [-0.25, -0.2) is 9.37 Å². The number of anilines is 1. The van der Waals surface area contributed by atoms with Crippen LogP contribution in [0.5, 0.6) is 0 Å². The first kappa shape index (κ1) is 21.8. The fourth-order valence-electron chi connectivity index (χ4n) is 3.08. The Hall–Kier alpha value is -3.95. The van der Waals surface area contributed by atoms with Gasteiger partial charge in [0, 0.05) is 12.6 Å². The van der Waals surface area contributed by atoms with Crippen LogP contribution in [0, 0.1) is 17.1 Å². The lowest BCUT2D eigenvalue weighted by atomic mass is 10.1. The van der Waals surface area contributed by atoms with Gasteiger partial charge < -0.3 is 20.5 Å². The summed E-state index contributed by atoms with van der Waals surface area (Å²) in [4.78, 5) is 40.9. The van der Waals surface area contributed by atoms with Crippen LogP contribution in [0.25, 0.3) is 0 Å². The van der Waals surface area contributed by atoms with Gasteiger partial charge in [0.05, 0.1) is 30.3 Å². The van der Waals surface area contributed by atoms with Crippen LogP contribution in [0.15, 0.2) is 18.2 Å². The summed E-state index contributed by atoms with van der Waals surface area (Å²) < 4.78 is 53.6. The molecule has 3 amide bonds. The van der Waals surface area contributed by atoms with E-state index in [0.29, 0.717) is 12.1 Å². The van der Waals surface area contributed by atoms with Gasteiger partial charge in [-0.2, -0.15) is 18.4 Å². The number of benzene rings is 1. The molecule has 2 heterocycles. The average molecular weight is 438 g/mol. The van der Waals surface area contributed by atoms with Gasteiger partial charge in [0.25, 0.3) is 11.8 Å². The van der Waals surface area contributed by atoms with Crippen molar-refractivity contribution in [1.82, 2.24) is 20.2 Å². The van der Waals surface area contributed by atoms with Gasteiger partial charge in [-0.1, -0.05) is 0 Å². The van der Waals surface area contributed by atoms with Crippen molar-refractivity contribution in [1.29, 1.82) is 5.26 Å². The average Bonchev–Trinajstić information content (AvgIpc) is 3.07. The number of aromatic nitrogens is 2. The Kier molecular flexibility index (Phi) is 5.65. The van der Waals surface area contributed by atoms with E-state index in [9.17, 15) is 31.9 Å². The molecular weight excluding hydrogens is 424 g/mol. The first-order valence-corrected chi connectivity index (χ1v) is 8.73. The maximum absolute atomic E-state index is 13.6. The van der Waals surface area contributed by atoms with Crippen molar-refractivity contribution in [2.75, 3.05) is 12.4 Å². The molecule has 2 aromatic rings. The highest BCUT2D eigenvalue weighted by molar-refractivity contribution is 6.05. The second kappa shape index (κ2) is 8.05. The van der Waals surface area contributed by atoms with Crippen molar-refractivity contribution in [3.05, 3.63) is 46.7 Å². The lowest BCUT2D eigenvalue weighted by molar-refractivity contribution is -0.137. The minimum Gasteiger partial charge on any atom is -0.352 e. The molecule has 1 atom stereocenters. The monoisotopic (exact) mass is 438 g/mol. The summed E-state index contributed by atoms with van der Waals surface area (Å²) in [6.45, 7) is -0.169. The fraction of sp³-hybridized carbons (Fsp3) is 0.278. The highest BCUT2D eigenvalue weighted by Crippen LogP contribution is 2.31. The summed E-state index contributed by atoms with van der Waals surface area (Å²) in [6.07, 6.45) is -5.17. The van der Waals surface area contributed by atoms with Gasteiger partial charge >= 0.3 is 6.18 Å². The molecule has 0 saturated carbocycles. The van der Waals surface area contributed by atoms with Crippen LogP contribution in [0.1, 0.15) is 44.7 Å². The molecule has 0 saturated heterocycles. The zero-order chi connectivity index (χ0) is 22.9. The Morgan fingerprint density at radius 3 is 2.65 bits per heavy atom. The van der Waals surface area contributed by atoms with Crippen LogP contribution in [-0.2, 0) is 17.5 Å². The topological polar surface area (TPSA) is 129 Å². The summed E-state index contributed by atoms with van der Waals surface area (Å²) in [6, 6.07) is 2.05. The molecule has 3 rings (SSSR count). The summed E-state index contributed by atoms with van der Waals surface area (Å²) in [5, 5.41) is 16.1. The smallest absolute Gasteiger partial charge is 0.352 e. The first-order valence-electron chi connectivity index (χ1n) is 8.73. The summed E-state index contributed by atoms with van der Waals surface area (Å²) >= 11 is 0. The van der Waals surface area contributed by atoms with E-state index in [0.717, 1.165) is 0 Å². The molecule has 0 bridgehead atoms. The van der Waals surface area contributed by atoms with Gasteiger partial charge in [-0.05, 0) is 18.2 Å². The first-order chi connectivity index (χ1) is 14.6. The second-order valence-corrected chi connectivity index (χ2v) is 6.46. The zero-order valence-electron chi connectivity index (χ0n) is 15.8. The Morgan fingerprint density at radius 2 is 2.03 bits per heavy atom. The Bertz CT molecular complexity index is 1120. The lowest BCUT2D eigenvalue weighted by Crippen LogP contribution is -2.40. The molecule has 1 aliphatic heterocycles. The Morgan fingerprint density at radius 1 is 1.32 bits per heavy atom. The van der Waals surface area contributed by atoms with Gasteiger partial charge in [0.1, 0.15) is 11.9 Å². The Labute approximate surface area is 172 Å². The number of amides is 3. The van der Waals surface area contributed by atoms with Crippen LogP contribution >= 0.6 is 0 Å². The van der Waals surface area contributed by atoms with Crippen molar-refractivity contribution >= 4 is 23.5 Å². The number of alkyl halides is 3. The normalized spacial score (nSPS) is 15.5. The quantitative estimate of drug-likeness (QED) is 0.627. The van der Waals surface area contributed by atoms with E-state index in [1.807, 2.05) is 6.07 Å². The third kappa shape index (κ3) is 4.18. The number of halogens is 4. The molecule has 1 aliphatic rings. The number of carbonyl (C=O) groups is 3. The van der Waals surface area contributed by atoms with Crippen LogP contribution < -0.4 is 16.0 Å². The molecule has 13 heteroatoms. The van der Waals surface area contributed by atoms with E-state index < -0.39 is 46.9 Å². The maximum atomic E-state index is 13.6. The molecule has 0 radical (unpaired) electrons. The summed E-state index contributed by atoms with van der Waals surface area (Å²) in [5.41, 5.74) is -1.82. The largest absolute Gasteiger partial charge is 0.416 e. The maximum Gasteiger partial charge on any atom is 0.416 e. The van der Waals surface area contributed by atoms with Gasteiger partial charge in [0.15, 0.2) is 5.82 Å².